The number of amides is 2. The van der Waals surface area contributed by atoms with Gasteiger partial charge in [-0.3, -0.25) is 0 Å². The van der Waals surface area contributed by atoms with Gasteiger partial charge in [-0.15, -0.1) is 0 Å². The smallest absolute Gasteiger partial charge is 0.318 e. The van der Waals surface area contributed by atoms with Crippen LogP contribution in [0.1, 0.15) is 69.4 Å². The van der Waals surface area contributed by atoms with Crippen LogP contribution in [0.2, 0.25) is 0 Å². The Morgan fingerprint density at radius 3 is 2.57 bits per heavy atom. The van der Waals surface area contributed by atoms with Crippen molar-refractivity contribution in [3.63, 3.8) is 0 Å². The summed E-state index contributed by atoms with van der Waals surface area (Å²) in [4.78, 5) is 14.7. The molecular weight excluding hydrogens is 291 g/mol. The second kappa shape index (κ2) is 7.80. The van der Waals surface area contributed by atoms with Crippen LogP contribution >= 0.6 is 0 Å². The SMILES string of the molecule is O=C(NC1CCCCC1)N1CCCCC[C@H]1c1cccc(F)c1. The first-order valence-electron chi connectivity index (χ1n) is 9.06. The molecule has 1 aromatic carbocycles. The van der Waals surface area contributed by atoms with E-state index < -0.39 is 0 Å². The highest BCUT2D eigenvalue weighted by atomic mass is 19.1. The Hall–Kier alpha value is -1.58. The van der Waals surface area contributed by atoms with Crippen molar-refractivity contribution < 1.29 is 9.18 Å². The summed E-state index contributed by atoms with van der Waals surface area (Å²) in [6.45, 7) is 0.764. The number of urea groups is 1. The van der Waals surface area contributed by atoms with Crippen LogP contribution in [0.15, 0.2) is 24.3 Å². The quantitative estimate of drug-likeness (QED) is 0.836. The molecular formula is C19H27FN2O. The van der Waals surface area contributed by atoms with E-state index in [0.29, 0.717) is 6.04 Å². The summed E-state index contributed by atoms with van der Waals surface area (Å²) >= 11 is 0. The Bertz CT molecular complexity index is 528. The van der Waals surface area contributed by atoms with E-state index in [1.165, 1.54) is 25.3 Å². The van der Waals surface area contributed by atoms with Crippen LogP contribution in [-0.4, -0.2) is 23.5 Å². The van der Waals surface area contributed by atoms with E-state index >= 15 is 0 Å². The molecule has 2 aliphatic rings. The molecule has 0 radical (unpaired) electrons. The molecule has 0 spiro atoms. The maximum atomic E-state index is 13.6. The van der Waals surface area contributed by atoms with Crippen LogP contribution in [0.5, 0.6) is 0 Å². The third kappa shape index (κ3) is 4.24. The number of nitrogens with one attached hydrogen (secondary N) is 1. The normalized spacial score (nSPS) is 23.3. The average molecular weight is 318 g/mol. The van der Waals surface area contributed by atoms with E-state index in [-0.39, 0.29) is 17.9 Å². The molecule has 1 saturated carbocycles. The van der Waals surface area contributed by atoms with Gasteiger partial charge in [0.1, 0.15) is 5.82 Å². The zero-order chi connectivity index (χ0) is 16.1. The fourth-order valence-corrected chi connectivity index (χ4v) is 3.92. The molecule has 1 heterocycles. The van der Waals surface area contributed by atoms with E-state index in [0.717, 1.165) is 50.6 Å². The molecule has 1 aliphatic carbocycles. The third-order valence-corrected chi connectivity index (χ3v) is 5.18. The zero-order valence-electron chi connectivity index (χ0n) is 13.8. The number of hydrogen-bond donors (Lipinski definition) is 1. The number of hydrogen-bond acceptors (Lipinski definition) is 1. The number of carbonyl (C=O) groups excluding carboxylic acids is 1. The van der Waals surface area contributed by atoms with Gasteiger partial charge in [-0.2, -0.15) is 0 Å². The molecule has 4 heteroatoms. The van der Waals surface area contributed by atoms with Gasteiger partial charge in [-0.05, 0) is 43.4 Å². The Morgan fingerprint density at radius 1 is 1.04 bits per heavy atom. The summed E-state index contributed by atoms with van der Waals surface area (Å²) in [6.07, 6.45) is 10.0. The topological polar surface area (TPSA) is 32.3 Å². The van der Waals surface area contributed by atoms with Gasteiger partial charge in [0, 0.05) is 12.6 Å². The van der Waals surface area contributed by atoms with Crippen molar-refractivity contribution in [2.75, 3.05) is 6.54 Å². The minimum atomic E-state index is -0.223. The number of benzene rings is 1. The molecule has 1 aromatic rings. The van der Waals surface area contributed by atoms with Gasteiger partial charge in [-0.25, -0.2) is 9.18 Å². The van der Waals surface area contributed by atoms with E-state index in [2.05, 4.69) is 5.32 Å². The molecule has 1 saturated heterocycles. The largest absolute Gasteiger partial charge is 0.335 e. The summed E-state index contributed by atoms with van der Waals surface area (Å²) in [7, 11) is 0. The second-order valence-corrected chi connectivity index (χ2v) is 6.90. The molecule has 2 fully saturated rings. The molecule has 126 valence electrons. The van der Waals surface area contributed by atoms with Crippen LogP contribution in [0.4, 0.5) is 9.18 Å². The summed E-state index contributed by atoms with van der Waals surface area (Å²) in [6, 6.07) is 7.08. The standard InChI is InChI=1S/C19H27FN2O/c20-16-9-7-8-15(14-16)18-12-5-2-6-13-22(18)19(23)21-17-10-3-1-4-11-17/h7-9,14,17-18H,1-6,10-13H2,(H,21,23)/t18-/m0/s1. The molecule has 1 aliphatic heterocycles. The first-order chi connectivity index (χ1) is 11.2. The van der Waals surface area contributed by atoms with Gasteiger partial charge in [0.05, 0.1) is 6.04 Å². The lowest BCUT2D eigenvalue weighted by Gasteiger charge is -2.33. The molecule has 0 bridgehead atoms. The maximum absolute atomic E-state index is 13.6. The Balaban J connectivity index is 1.73. The first-order valence-corrected chi connectivity index (χ1v) is 9.06. The second-order valence-electron chi connectivity index (χ2n) is 6.90. The first kappa shape index (κ1) is 16.3. The van der Waals surface area contributed by atoms with Crippen LogP contribution in [0.3, 0.4) is 0 Å². The Morgan fingerprint density at radius 2 is 1.78 bits per heavy atom. The monoisotopic (exact) mass is 318 g/mol. The van der Waals surface area contributed by atoms with Crippen molar-refractivity contribution in [2.45, 2.75) is 69.9 Å². The van der Waals surface area contributed by atoms with E-state index in [1.54, 1.807) is 12.1 Å². The minimum absolute atomic E-state index is 0.00297. The molecule has 1 N–H and O–H groups in total. The van der Waals surface area contributed by atoms with Gasteiger partial charge < -0.3 is 10.2 Å². The van der Waals surface area contributed by atoms with Crippen LogP contribution in [0.25, 0.3) is 0 Å². The van der Waals surface area contributed by atoms with E-state index in [4.69, 9.17) is 0 Å². The van der Waals surface area contributed by atoms with Crippen molar-refractivity contribution in [2.24, 2.45) is 0 Å². The molecule has 2 amide bonds. The molecule has 0 aromatic heterocycles. The molecule has 3 rings (SSSR count). The predicted molar refractivity (Wildman–Crippen MR) is 89.7 cm³/mol. The third-order valence-electron chi connectivity index (χ3n) is 5.18. The van der Waals surface area contributed by atoms with Crippen molar-refractivity contribution >= 4 is 6.03 Å². The summed E-state index contributed by atoms with van der Waals surface area (Å²) in [5.74, 6) is -0.223. The average Bonchev–Trinajstić information content (AvgIpc) is 2.82. The lowest BCUT2D eigenvalue weighted by atomic mass is 9.95. The van der Waals surface area contributed by atoms with Gasteiger partial charge in [0.2, 0.25) is 0 Å². The lowest BCUT2D eigenvalue weighted by molar-refractivity contribution is 0.168. The Kier molecular flexibility index (Phi) is 5.52. The summed E-state index contributed by atoms with van der Waals surface area (Å²) in [5.41, 5.74) is 0.922. The van der Waals surface area contributed by atoms with Gasteiger partial charge in [-0.1, -0.05) is 44.2 Å². The number of nitrogens with zero attached hydrogens (tertiary/aromatic N) is 1. The highest BCUT2D eigenvalue weighted by Gasteiger charge is 2.28. The fourth-order valence-electron chi connectivity index (χ4n) is 3.92. The highest BCUT2D eigenvalue weighted by Crippen LogP contribution is 2.31. The molecule has 1 atom stereocenters. The van der Waals surface area contributed by atoms with Gasteiger partial charge in [0.25, 0.3) is 0 Å². The van der Waals surface area contributed by atoms with Crippen molar-refractivity contribution in [1.82, 2.24) is 10.2 Å². The van der Waals surface area contributed by atoms with Crippen molar-refractivity contribution in [3.8, 4) is 0 Å². The Labute approximate surface area is 138 Å². The number of rotatable bonds is 2. The summed E-state index contributed by atoms with van der Waals surface area (Å²) < 4.78 is 13.6. The van der Waals surface area contributed by atoms with Crippen molar-refractivity contribution in [3.05, 3.63) is 35.6 Å². The highest BCUT2D eigenvalue weighted by molar-refractivity contribution is 5.75. The number of halogens is 1. The number of carbonyl (C=O) groups is 1. The van der Waals surface area contributed by atoms with Crippen LogP contribution in [0, 0.1) is 5.82 Å². The van der Waals surface area contributed by atoms with E-state index in [1.807, 2.05) is 11.0 Å². The van der Waals surface area contributed by atoms with Crippen LogP contribution in [-0.2, 0) is 0 Å². The predicted octanol–water partition coefficient (Wildman–Crippen LogP) is 4.79. The van der Waals surface area contributed by atoms with Gasteiger partial charge in [0.15, 0.2) is 0 Å². The van der Waals surface area contributed by atoms with Gasteiger partial charge >= 0.3 is 6.03 Å². The number of likely N-dealkylation sites (tertiary alicyclic amines) is 1. The minimum Gasteiger partial charge on any atom is -0.335 e. The van der Waals surface area contributed by atoms with E-state index in [9.17, 15) is 9.18 Å². The van der Waals surface area contributed by atoms with Crippen molar-refractivity contribution in [1.29, 1.82) is 0 Å². The molecule has 23 heavy (non-hydrogen) atoms. The lowest BCUT2D eigenvalue weighted by Crippen LogP contribution is -2.46. The molecule has 3 nitrogen and oxygen atoms in total. The zero-order valence-corrected chi connectivity index (χ0v) is 13.8. The fraction of sp³-hybridized carbons (Fsp3) is 0.632. The van der Waals surface area contributed by atoms with Crippen LogP contribution < -0.4 is 5.32 Å². The maximum Gasteiger partial charge on any atom is 0.318 e. The summed E-state index contributed by atoms with van der Waals surface area (Å²) in [5, 5.41) is 3.22. The molecule has 0 unspecified atom stereocenters.